The van der Waals surface area contributed by atoms with Gasteiger partial charge in [-0.3, -0.25) is 14.9 Å². The number of piperazine rings is 1. The molecule has 0 bridgehead atoms. The molecule has 0 spiro atoms. The van der Waals surface area contributed by atoms with Crippen molar-refractivity contribution in [3.63, 3.8) is 0 Å². The summed E-state index contributed by atoms with van der Waals surface area (Å²) in [4.78, 5) is 21.0. The van der Waals surface area contributed by atoms with E-state index in [1.54, 1.807) is 10.9 Å². The SMILES string of the molecule is Cc1cc(NC(=O)N2CCN(C)[C@H](c3nccn3C)C2)nn1C. The number of carbonyl (C=O) groups is 1. The highest BCUT2D eigenvalue weighted by molar-refractivity contribution is 5.88. The third kappa shape index (κ3) is 3.07. The second-order valence-electron chi connectivity index (χ2n) is 6.06. The molecule has 1 fully saturated rings. The lowest BCUT2D eigenvalue weighted by molar-refractivity contribution is 0.110. The first-order chi connectivity index (χ1) is 11.0. The van der Waals surface area contributed by atoms with Crippen molar-refractivity contribution in [3.8, 4) is 0 Å². The summed E-state index contributed by atoms with van der Waals surface area (Å²) in [5, 5.41) is 7.15. The molecule has 2 amide bonds. The van der Waals surface area contributed by atoms with Crippen LogP contribution >= 0.6 is 0 Å². The minimum Gasteiger partial charge on any atom is -0.337 e. The van der Waals surface area contributed by atoms with Crippen LogP contribution in [0.4, 0.5) is 10.6 Å². The molecule has 1 atom stereocenters. The number of likely N-dealkylation sites (N-methyl/N-ethyl adjacent to an activating group) is 1. The quantitative estimate of drug-likeness (QED) is 0.896. The van der Waals surface area contributed by atoms with E-state index in [-0.39, 0.29) is 12.1 Å². The molecule has 124 valence electrons. The predicted molar refractivity (Wildman–Crippen MR) is 87.1 cm³/mol. The smallest absolute Gasteiger partial charge is 0.323 e. The Kier molecular flexibility index (Phi) is 4.08. The number of amides is 2. The molecule has 0 aromatic carbocycles. The molecule has 1 aliphatic heterocycles. The Bertz CT molecular complexity index is 685. The molecule has 0 aliphatic carbocycles. The number of hydrogen-bond acceptors (Lipinski definition) is 4. The van der Waals surface area contributed by atoms with Gasteiger partial charge >= 0.3 is 6.03 Å². The summed E-state index contributed by atoms with van der Waals surface area (Å²) in [7, 11) is 5.90. The summed E-state index contributed by atoms with van der Waals surface area (Å²) in [5.41, 5.74) is 1.00. The van der Waals surface area contributed by atoms with Crippen molar-refractivity contribution in [2.24, 2.45) is 14.1 Å². The zero-order chi connectivity index (χ0) is 16.6. The fraction of sp³-hybridized carbons (Fsp3) is 0.533. The fourth-order valence-electron chi connectivity index (χ4n) is 2.85. The maximum atomic E-state index is 12.5. The average Bonchev–Trinajstić information content (AvgIpc) is 3.05. The van der Waals surface area contributed by atoms with Gasteiger partial charge in [0, 0.05) is 57.9 Å². The molecule has 3 rings (SSSR count). The van der Waals surface area contributed by atoms with E-state index in [2.05, 4.69) is 27.3 Å². The van der Waals surface area contributed by atoms with Gasteiger partial charge in [0.2, 0.25) is 0 Å². The minimum absolute atomic E-state index is 0.0972. The number of imidazole rings is 1. The number of anilines is 1. The zero-order valence-electron chi connectivity index (χ0n) is 14.0. The number of nitrogens with zero attached hydrogens (tertiary/aromatic N) is 6. The van der Waals surface area contributed by atoms with E-state index < -0.39 is 0 Å². The zero-order valence-corrected chi connectivity index (χ0v) is 14.0. The molecule has 0 unspecified atom stereocenters. The van der Waals surface area contributed by atoms with Gasteiger partial charge in [0.15, 0.2) is 5.82 Å². The first kappa shape index (κ1) is 15.5. The summed E-state index contributed by atoms with van der Waals surface area (Å²) in [6, 6.07) is 1.85. The maximum Gasteiger partial charge on any atom is 0.323 e. The van der Waals surface area contributed by atoms with Crippen LogP contribution in [0.25, 0.3) is 0 Å². The van der Waals surface area contributed by atoms with Crippen LogP contribution in [0.2, 0.25) is 0 Å². The number of carbonyl (C=O) groups excluding carboxylic acids is 1. The van der Waals surface area contributed by atoms with Crippen LogP contribution in [-0.4, -0.2) is 61.8 Å². The Morgan fingerprint density at radius 1 is 1.30 bits per heavy atom. The summed E-state index contributed by atoms with van der Waals surface area (Å²) < 4.78 is 3.75. The molecule has 3 heterocycles. The molecule has 2 aromatic heterocycles. The van der Waals surface area contributed by atoms with Crippen LogP contribution < -0.4 is 5.32 Å². The largest absolute Gasteiger partial charge is 0.337 e. The van der Waals surface area contributed by atoms with E-state index in [0.717, 1.165) is 18.1 Å². The van der Waals surface area contributed by atoms with Gasteiger partial charge in [0.25, 0.3) is 0 Å². The van der Waals surface area contributed by atoms with Gasteiger partial charge in [-0.25, -0.2) is 9.78 Å². The van der Waals surface area contributed by atoms with Gasteiger partial charge in [-0.1, -0.05) is 0 Å². The van der Waals surface area contributed by atoms with Crippen LogP contribution in [0.3, 0.4) is 0 Å². The van der Waals surface area contributed by atoms with Crippen LogP contribution in [0, 0.1) is 6.92 Å². The van der Waals surface area contributed by atoms with Crippen LogP contribution in [0.5, 0.6) is 0 Å². The third-order valence-corrected chi connectivity index (χ3v) is 4.44. The van der Waals surface area contributed by atoms with Crippen molar-refractivity contribution in [2.45, 2.75) is 13.0 Å². The lowest BCUT2D eigenvalue weighted by Gasteiger charge is -2.38. The van der Waals surface area contributed by atoms with Crippen molar-refractivity contribution < 1.29 is 4.79 Å². The van der Waals surface area contributed by atoms with Crippen LogP contribution in [-0.2, 0) is 14.1 Å². The topological polar surface area (TPSA) is 71.2 Å². The van der Waals surface area contributed by atoms with Gasteiger partial charge in [-0.2, -0.15) is 5.10 Å². The Hall–Kier alpha value is -2.35. The molecule has 1 N–H and O–H groups in total. The summed E-state index contributed by atoms with van der Waals surface area (Å²) in [6.07, 6.45) is 3.72. The molecule has 1 aliphatic rings. The van der Waals surface area contributed by atoms with Crippen molar-refractivity contribution >= 4 is 11.8 Å². The number of nitrogens with one attached hydrogen (secondary N) is 1. The monoisotopic (exact) mass is 317 g/mol. The molecule has 1 saturated heterocycles. The molecule has 8 heteroatoms. The maximum absolute atomic E-state index is 12.5. The highest BCUT2D eigenvalue weighted by atomic mass is 16.2. The third-order valence-electron chi connectivity index (χ3n) is 4.44. The number of hydrogen-bond donors (Lipinski definition) is 1. The molecular weight excluding hydrogens is 294 g/mol. The van der Waals surface area contributed by atoms with Crippen LogP contribution in [0.15, 0.2) is 18.5 Å². The van der Waals surface area contributed by atoms with E-state index >= 15 is 0 Å². The lowest BCUT2D eigenvalue weighted by Crippen LogP contribution is -2.50. The molecule has 2 aromatic rings. The van der Waals surface area contributed by atoms with E-state index in [9.17, 15) is 4.79 Å². The standard InChI is InChI=1S/C15H23N7O/c1-11-9-13(18-21(11)4)17-15(23)22-8-7-19(2)12(10-22)14-16-5-6-20(14)3/h5-6,9,12H,7-8,10H2,1-4H3,(H,17,18,23)/t12-/m0/s1. The van der Waals surface area contributed by atoms with Crippen molar-refractivity contribution in [2.75, 3.05) is 32.0 Å². The Morgan fingerprint density at radius 3 is 2.70 bits per heavy atom. The van der Waals surface area contributed by atoms with Gasteiger partial charge in [-0.05, 0) is 14.0 Å². The van der Waals surface area contributed by atoms with Gasteiger partial charge < -0.3 is 9.47 Å². The normalized spacial score (nSPS) is 19.1. The van der Waals surface area contributed by atoms with E-state index in [4.69, 9.17) is 0 Å². The Morgan fingerprint density at radius 2 is 2.09 bits per heavy atom. The second-order valence-corrected chi connectivity index (χ2v) is 6.06. The average molecular weight is 317 g/mol. The second kappa shape index (κ2) is 6.04. The van der Waals surface area contributed by atoms with E-state index in [1.165, 1.54) is 0 Å². The Balaban J connectivity index is 1.70. The van der Waals surface area contributed by atoms with Crippen molar-refractivity contribution in [3.05, 3.63) is 30.0 Å². The lowest BCUT2D eigenvalue weighted by atomic mass is 10.1. The first-order valence-electron chi connectivity index (χ1n) is 7.69. The van der Waals surface area contributed by atoms with Gasteiger partial charge in [-0.15, -0.1) is 0 Å². The summed E-state index contributed by atoms with van der Waals surface area (Å²) in [5.74, 6) is 1.56. The van der Waals surface area contributed by atoms with Crippen molar-refractivity contribution in [1.29, 1.82) is 0 Å². The van der Waals surface area contributed by atoms with E-state index in [0.29, 0.717) is 18.9 Å². The number of aryl methyl sites for hydroxylation is 3. The number of aromatic nitrogens is 4. The molecule has 23 heavy (non-hydrogen) atoms. The molecule has 0 radical (unpaired) electrons. The number of urea groups is 1. The summed E-state index contributed by atoms with van der Waals surface area (Å²) in [6.45, 7) is 4.07. The predicted octanol–water partition coefficient (Wildman–Crippen LogP) is 0.983. The number of rotatable bonds is 2. The summed E-state index contributed by atoms with van der Waals surface area (Å²) >= 11 is 0. The highest BCUT2D eigenvalue weighted by Crippen LogP contribution is 2.22. The molecular formula is C15H23N7O. The fourth-order valence-corrected chi connectivity index (χ4v) is 2.85. The van der Waals surface area contributed by atoms with E-state index in [1.807, 2.05) is 42.7 Å². The minimum atomic E-state index is -0.115. The Labute approximate surface area is 135 Å². The van der Waals surface area contributed by atoms with Gasteiger partial charge in [0.05, 0.1) is 6.04 Å². The molecule has 0 saturated carbocycles. The van der Waals surface area contributed by atoms with Crippen molar-refractivity contribution in [1.82, 2.24) is 29.1 Å². The highest BCUT2D eigenvalue weighted by Gasteiger charge is 2.30. The molecule has 8 nitrogen and oxygen atoms in total. The van der Waals surface area contributed by atoms with Gasteiger partial charge in [0.1, 0.15) is 5.82 Å². The van der Waals surface area contributed by atoms with Crippen LogP contribution in [0.1, 0.15) is 17.6 Å². The first-order valence-corrected chi connectivity index (χ1v) is 7.69.